The van der Waals surface area contributed by atoms with Crippen molar-refractivity contribution >= 4 is 5.78 Å². The fourth-order valence-corrected chi connectivity index (χ4v) is 1.71. The van der Waals surface area contributed by atoms with E-state index < -0.39 is 0 Å². The standard InChI is InChI=1S/C14H21NO2/c1-11(8-10-17-2)14(16)13-5-3-12(4-6-13)7-9-15/h3-6,11H,7-10,15H2,1-2H3. The zero-order chi connectivity index (χ0) is 12.7. The maximum absolute atomic E-state index is 12.0. The number of rotatable bonds is 7. The van der Waals surface area contributed by atoms with E-state index in [0.717, 1.165) is 18.4 Å². The Labute approximate surface area is 103 Å². The van der Waals surface area contributed by atoms with Gasteiger partial charge in [-0.3, -0.25) is 4.79 Å². The van der Waals surface area contributed by atoms with Gasteiger partial charge in [-0.05, 0) is 24.9 Å². The first kappa shape index (κ1) is 13.9. The van der Waals surface area contributed by atoms with Crippen LogP contribution in [0.1, 0.15) is 29.3 Å². The number of carbonyl (C=O) groups excluding carboxylic acids is 1. The van der Waals surface area contributed by atoms with E-state index in [0.29, 0.717) is 13.2 Å². The molecule has 0 fully saturated rings. The molecule has 0 saturated heterocycles. The zero-order valence-electron chi connectivity index (χ0n) is 10.6. The van der Waals surface area contributed by atoms with Crippen LogP contribution in [0.25, 0.3) is 0 Å². The molecule has 1 aromatic rings. The topological polar surface area (TPSA) is 52.3 Å². The molecule has 0 aliphatic heterocycles. The van der Waals surface area contributed by atoms with Crippen LogP contribution in [0.5, 0.6) is 0 Å². The van der Waals surface area contributed by atoms with Gasteiger partial charge in [-0.1, -0.05) is 31.2 Å². The molecule has 0 bridgehead atoms. The monoisotopic (exact) mass is 235 g/mol. The summed E-state index contributed by atoms with van der Waals surface area (Å²) < 4.78 is 4.98. The van der Waals surface area contributed by atoms with Crippen molar-refractivity contribution in [2.24, 2.45) is 11.7 Å². The average Bonchev–Trinajstić information content (AvgIpc) is 2.36. The second kappa shape index (κ2) is 7.20. The highest BCUT2D eigenvalue weighted by Gasteiger charge is 2.14. The number of Topliss-reactive ketones (excluding diaryl/α,β-unsaturated/α-hetero) is 1. The molecule has 0 radical (unpaired) electrons. The summed E-state index contributed by atoms with van der Waals surface area (Å²) in [7, 11) is 1.65. The van der Waals surface area contributed by atoms with Crippen molar-refractivity contribution in [1.82, 2.24) is 0 Å². The third kappa shape index (κ3) is 4.29. The van der Waals surface area contributed by atoms with Crippen LogP contribution in [0.2, 0.25) is 0 Å². The Hall–Kier alpha value is -1.19. The van der Waals surface area contributed by atoms with Crippen molar-refractivity contribution in [2.75, 3.05) is 20.3 Å². The Kier molecular flexibility index (Phi) is 5.87. The Bertz CT molecular complexity index is 346. The Morgan fingerprint density at radius 1 is 1.35 bits per heavy atom. The summed E-state index contributed by atoms with van der Waals surface area (Å²) in [4.78, 5) is 12.0. The molecule has 0 aliphatic rings. The molecule has 2 N–H and O–H groups in total. The van der Waals surface area contributed by atoms with Gasteiger partial charge in [0.1, 0.15) is 0 Å². The number of ketones is 1. The molecule has 0 amide bonds. The van der Waals surface area contributed by atoms with Gasteiger partial charge in [-0.2, -0.15) is 0 Å². The molecule has 0 aliphatic carbocycles. The number of nitrogens with two attached hydrogens (primary N) is 1. The first-order valence-corrected chi connectivity index (χ1v) is 6.01. The van der Waals surface area contributed by atoms with Crippen LogP contribution in [-0.2, 0) is 11.2 Å². The number of hydrogen-bond acceptors (Lipinski definition) is 3. The quantitative estimate of drug-likeness (QED) is 0.736. The lowest BCUT2D eigenvalue weighted by Crippen LogP contribution is -2.13. The van der Waals surface area contributed by atoms with Crippen molar-refractivity contribution < 1.29 is 9.53 Å². The van der Waals surface area contributed by atoms with Gasteiger partial charge in [0.15, 0.2) is 5.78 Å². The summed E-state index contributed by atoms with van der Waals surface area (Å²) in [5.41, 5.74) is 7.43. The van der Waals surface area contributed by atoms with Crippen LogP contribution in [0.4, 0.5) is 0 Å². The SMILES string of the molecule is COCCC(C)C(=O)c1ccc(CCN)cc1. The summed E-state index contributed by atoms with van der Waals surface area (Å²) in [6.07, 6.45) is 1.62. The van der Waals surface area contributed by atoms with Crippen LogP contribution >= 0.6 is 0 Å². The fraction of sp³-hybridized carbons (Fsp3) is 0.500. The lowest BCUT2D eigenvalue weighted by atomic mass is 9.96. The molecule has 0 heterocycles. The van der Waals surface area contributed by atoms with Crippen molar-refractivity contribution in [3.05, 3.63) is 35.4 Å². The predicted octanol–water partition coefficient (Wildman–Crippen LogP) is 2.04. The van der Waals surface area contributed by atoms with E-state index in [-0.39, 0.29) is 11.7 Å². The van der Waals surface area contributed by atoms with Crippen LogP contribution in [0, 0.1) is 5.92 Å². The molecule has 1 aromatic carbocycles. The van der Waals surface area contributed by atoms with E-state index in [4.69, 9.17) is 10.5 Å². The molecule has 0 saturated carbocycles. The van der Waals surface area contributed by atoms with E-state index in [1.807, 2.05) is 31.2 Å². The van der Waals surface area contributed by atoms with Crippen molar-refractivity contribution in [2.45, 2.75) is 19.8 Å². The smallest absolute Gasteiger partial charge is 0.165 e. The maximum atomic E-state index is 12.0. The van der Waals surface area contributed by atoms with Crippen molar-refractivity contribution in [3.8, 4) is 0 Å². The Balaban J connectivity index is 2.62. The lowest BCUT2D eigenvalue weighted by molar-refractivity contribution is 0.0893. The van der Waals surface area contributed by atoms with Crippen molar-refractivity contribution in [3.63, 3.8) is 0 Å². The molecule has 17 heavy (non-hydrogen) atoms. The number of methoxy groups -OCH3 is 1. The summed E-state index contributed by atoms with van der Waals surface area (Å²) in [6, 6.07) is 7.72. The molecule has 1 atom stereocenters. The lowest BCUT2D eigenvalue weighted by Gasteiger charge is -2.10. The zero-order valence-corrected chi connectivity index (χ0v) is 10.6. The highest BCUT2D eigenvalue weighted by molar-refractivity contribution is 5.97. The first-order chi connectivity index (χ1) is 8.19. The highest BCUT2D eigenvalue weighted by atomic mass is 16.5. The van der Waals surface area contributed by atoms with Crippen LogP contribution in [-0.4, -0.2) is 26.0 Å². The fourth-order valence-electron chi connectivity index (χ4n) is 1.71. The molecule has 94 valence electrons. The summed E-state index contributed by atoms with van der Waals surface area (Å²) >= 11 is 0. The Morgan fingerprint density at radius 2 is 2.00 bits per heavy atom. The van der Waals surface area contributed by atoms with Gasteiger partial charge >= 0.3 is 0 Å². The van der Waals surface area contributed by atoms with E-state index >= 15 is 0 Å². The maximum Gasteiger partial charge on any atom is 0.165 e. The average molecular weight is 235 g/mol. The molecular weight excluding hydrogens is 214 g/mol. The van der Waals surface area contributed by atoms with Crippen LogP contribution in [0.15, 0.2) is 24.3 Å². The molecule has 1 unspecified atom stereocenters. The minimum absolute atomic E-state index is 0.00954. The van der Waals surface area contributed by atoms with Gasteiger partial charge in [-0.15, -0.1) is 0 Å². The number of hydrogen-bond donors (Lipinski definition) is 1. The summed E-state index contributed by atoms with van der Waals surface area (Å²) in [5.74, 6) is 0.191. The summed E-state index contributed by atoms with van der Waals surface area (Å²) in [5, 5.41) is 0. The number of ether oxygens (including phenoxy) is 1. The first-order valence-electron chi connectivity index (χ1n) is 6.01. The molecular formula is C14H21NO2. The van der Waals surface area contributed by atoms with Gasteiger partial charge in [0.2, 0.25) is 0 Å². The number of benzene rings is 1. The molecule has 1 rings (SSSR count). The van der Waals surface area contributed by atoms with E-state index in [9.17, 15) is 4.79 Å². The highest BCUT2D eigenvalue weighted by Crippen LogP contribution is 2.13. The van der Waals surface area contributed by atoms with E-state index in [1.165, 1.54) is 5.56 Å². The van der Waals surface area contributed by atoms with Gasteiger partial charge in [-0.25, -0.2) is 0 Å². The van der Waals surface area contributed by atoms with Gasteiger partial charge in [0.05, 0.1) is 0 Å². The second-order valence-corrected chi connectivity index (χ2v) is 4.28. The third-order valence-electron chi connectivity index (χ3n) is 2.87. The van der Waals surface area contributed by atoms with E-state index in [1.54, 1.807) is 7.11 Å². The normalized spacial score (nSPS) is 12.4. The van der Waals surface area contributed by atoms with Crippen LogP contribution in [0.3, 0.4) is 0 Å². The van der Waals surface area contributed by atoms with Gasteiger partial charge < -0.3 is 10.5 Å². The minimum atomic E-state index is 0.00954. The third-order valence-corrected chi connectivity index (χ3v) is 2.87. The van der Waals surface area contributed by atoms with Gasteiger partial charge in [0.25, 0.3) is 0 Å². The van der Waals surface area contributed by atoms with E-state index in [2.05, 4.69) is 0 Å². The largest absolute Gasteiger partial charge is 0.385 e. The van der Waals surface area contributed by atoms with Gasteiger partial charge in [0, 0.05) is 25.2 Å². The molecule has 0 spiro atoms. The molecule has 3 nitrogen and oxygen atoms in total. The van der Waals surface area contributed by atoms with Crippen LogP contribution < -0.4 is 5.73 Å². The Morgan fingerprint density at radius 3 is 2.53 bits per heavy atom. The molecule has 0 aromatic heterocycles. The van der Waals surface area contributed by atoms with Crippen molar-refractivity contribution in [1.29, 1.82) is 0 Å². The second-order valence-electron chi connectivity index (χ2n) is 4.28. The minimum Gasteiger partial charge on any atom is -0.385 e. The summed E-state index contributed by atoms with van der Waals surface area (Å²) in [6.45, 7) is 3.20. The predicted molar refractivity (Wildman–Crippen MR) is 69.2 cm³/mol. The molecule has 3 heteroatoms. The number of carbonyl (C=O) groups is 1.